The molecule has 0 radical (unpaired) electrons. The van der Waals surface area contributed by atoms with Gasteiger partial charge in [0.25, 0.3) is 0 Å². The Morgan fingerprint density at radius 3 is 2.33 bits per heavy atom. The van der Waals surface area contributed by atoms with E-state index in [9.17, 15) is 18.0 Å². The molecule has 3 rings (SSSR count). The van der Waals surface area contributed by atoms with Crippen molar-refractivity contribution in [1.29, 1.82) is 0 Å². The molecule has 3 aromatic carbocycles. The SMILES string of the molecule is CC(=O)NC(C)c1ccc2cc(Oc3ccc(OCC(F)(F)F)c(Cl)c3)ccc2c1. The summed E-state index contributed by atoms with van der Waals surface area (Å²) in [6, 6.07) is 15.5. The second-order valence-electron chi connectivity index (χ2n) is 6.79. The van der Waals surface area contributed by atoms with Crippen molar-refractivity contribution in [2.75, 3.05) is 6.61 Å². The number of carbonyl (C=O) groups excluding carboxylic acids is 1. The highest BCUT2D eigenvalue weighted by Gasteiger charge is 2.28. The van der Waals surface area contributed by atoms with Gasteiger partial charge in [0, 0.05) is 13.0 Å². The molecule has 1 atom stereocenters. The first-order valence-electron chi connectivity index (χ1n) is 9.08. The molecule has 3 aromatic rings. The van der Waals surface area contributed by atoms with Crippen molar-refractivity contribution in [3.8, 4) is 17.2 Å². The van der Waals surface area contributed by atoms with Gasteiger partial charge in [0.05, 0.1) is 11.1 Å². The molecule has 30 heavy (non-hydrogen) atoms. The summed E-state index contributed by atoms with van der Waals surface area (Å²) < 4.78 is 47.3. The Labute approximate surface area is 176 Å². The number of hydrogen-bond acceptors (Lipinski definition) is 3. The molecule has 0 aliphatic heterocycles. The third kappa shape index (κ3) is 5.79. The van der Waals surface area contributed by atoms with Crippen molar-refractivity contribution in [1.82, 2.24) is 5.32 Å². The highest BCUT2D eigenvalue weighted by Crippen LogP contribution is 2.33. The van der Waals surface area contributed by atoms with Crippen LogP contribution in [-0.2, 0) is 4.79 Å². The zero-order valence-electron chi connectivity index (χ0n) is 16.2. The van der Waals surface area contributed by atoms with Gasteiger partial charge < -0.3 is 14.8 Å². The molecular formula is C22H19ClF3NO3. The van der Waals surface area contributed by atoms with E-state index in [-0.39, 0.29) is 22.7 Å². The number of fused-ring (bicyclic) bond motifs is 1. The first-order valence-corrected chi connectivity index (χ1v) is 9.46. The van der Waals surface area contributed by atoms with Crippen LogP contribution in [0.5, 0.6) is 17.2 Å². The van der Waals surface area contributed by atoms with E-state index in [1.807, 2.05) is 37.3 Å². The first kappa shape index (κ1) is 21.8. The minimum Gasteiger partial charge on any atom is -0.483 e. The molecule has 1 N–H and O–H groups in total. The molecule has 0 aliphatic carbocycles. The predicted octanol–water partition coefficient (Wildman–Crippen LogP) is 6.42. The smallest absolute Gasteiger partial charge is 0.422 e. The largest absolute Gasteiger partial charge is 0.483 e. The number of rotatable bonds is 6. The Morgan fingerprint density at radius 1 is 1.03 bits per heavy atom. The summed E-state index contributed by atoms with van der Waals surface area (Å²) in [5.74, 6) is 0.750. The van der Waals surface area contributed by atoms with E-state index >= 15 is 0 Å². The van der Waals surface area contributed by atoms with E-state index in [0.717, 1.165) is 16.3 Å². The molecule has 0 saturated heterocycles. The summed E-state index contributed by atoms with van der Waals surface area (Å²) >= 11 is 6.00. The fraction of sp³-hybridized carbons (Fsp3) is 0.227. The summed E-state index contributed by atoms with van der Waals surface area (Å²) in [6.45, 7) is 1.97. The molecule has 0 saturated carbocycles. The highest BCUT2D eigenvalue weighted by molar-refractivity contribution is 6.32. The number of alkyl halides is 3. The fourth-order valence-corrected chi connectivity index (χ4v) is 3.15. The topological polar surface area (TPSA) is 47.6 Å². The fourth-order valence-electron chi connectivity index (χ4n) is 2.92. The number of nitrogens with one attached hydrogen (secondary N) is 1. The van der Waals surface area contributed by atoms with Gasteiger partial charge in [-0.3, -0.25) is 4.79 Å². The maximum absolute atomic E-state index is 12.3. The predicted molar refractivity (Wildman–Crippen MR) is 109 cm³/mol. The van der Waals surface area contributed by atoms with E-state index in [1.165, 1.54) is 25.1 Å². The molecule has 1 unspecified atom stereocenters. The summed E-state index contributed by atoms with van der Waals surface area (Å²) in [5.41, 5.74) is 0.979. The van der Waals surface area contributed by atoms with Crippen LogP contribution in [0, 0.1) is 0 Å². The van der Waals surface area contributed by atoms with Crippen molar-refractivity contribution >= 4 is 28.3 Å². The highest BCUT2D eigenvalue weighted by atomic mass is 35.5. The first-order chi connectivity index (χ1) is 14.1. The summed E-state index contributed by atoms with van der Waals surface area (Å²) in [7, 11) is 0. The van der Waals surface area contributed by atoms with Crippen molar-refractivity contribution in [2.24, 2.45) is 0 Å². The van der Waals surface area contributed by atoms with Crippen molar-refractivity contribution in [2.45, 2.75) is 26.1 Å². The van der Waals surface area contributed by atoms with E-state index in [1.54, 1.807) is 6.07 Å². The normalized spacial score (nSPS) is 12.5. The van der Waals surface area contributed by atoms with Gasteiger partial charge in [-0.2, -0.15) is 13.2 Å². The minimum atomic E-state index is -4.44. The lowest BCUT2D eigenvalue weighted by Crippen LogP contribution is -2.23. The molecule has 158 valence electrons. The Bertz CT molecular complexity index is 1070. The number of ether oxygens (including phenoxy) is 2. The Balaban J connectivity index is 1.74. The van der Waals surface area contributed by atoms with E-state index in [0.29, 0.717) is 11.5 Å². The average Bonchev–Trinajstić information content (AvgIpc) is 2.65. The van der Waals surface area contributed by atoms with Crippen LogP contribution >= 0.6 is 11.6 Å². The van der Waals surface area contributed by atoms with E-state index < -0.39 is 12.8 Å². The maximum Gasteiger partial charge on any atom is 0.422 e. The quantitative estimate of drug-likeness (QED) is 0.483. The van der Waals surface area contributed by atoms with Gasteiger partial charge in [0.15, 0.2) is 6.61 Å². The lowest BCUT2D eigenvalue weighted by Gasteiger charge is -2.14. The number of hydrogen-bond donors (Lipinski definition) is 1. The van der Waals surface area contributed by atoms with Crippen LogP contribution in [0.2, 0.25) is 5.02 Å². The van der Waals surface area contributed by atoms with Crippen molar-refractivity contribution in [3.63, 3.8) is 0 Å². The molecule has 0 bridgehead atoms. The number of amides is 1. The van der Waals surface area contributed by atoms with Gasteiger partial charge in [0.1, 0.15) is 17.2 Å². The lowest BCUT2D eigenvalue weighted by molar-refractivity contribution is -0.153. The third-order valence-corrected chi connectivity index (χ3v) is 4.58. The average molecular weight is 438 g/mol. The van der Waals surface area contributed by atoms with Crippen molar-refractivity contribution < 1.29 is 27.4 Å². The van der Waals surface area contributed by atoms with Crippen LogP contribution in [0.15, 0.2) is 54.6 Å². The molecule has 0 spiro atoms. The number of halogens is 4. The van der Waals surface area contributed by atoms with Crippen LogP contribution in [0.25, 0.3) is 10.8 Å². The van der Waals surface area contributed by atoms with E-state index in [4.69, 9.17) is 16.3 Å². The molecule has 8 heteroatoms. The third-order valence-electron chi connectivity index (χ3n) is 4.29. The van der Waals surface area contributed by atoms with Gasteiger partial charge in [-0.25, -0.2) is 0 Å². The van der Waals surface area contributed by atoms with Gasteiger partial charge in [-0.15, -0.1) is 0 Å². The molecule has 0 heterocycles. The van der Waals surface area contributed by atoms with Crippen LogP contribution < -0.4 is 14.8 Å². The monoisotopic (exact) mass is 437 g/mol. The number of carbonyl (C=O) groups is 1. The molecule has 0 aromatic heterocycles. The van der Waals surface area contributed by atoms with Gasteiger partial charge >= 0.3 is 6.18 Å². The van der Waals surface area contributed by atoms with Crippen LogP contribution in [0.4, 0.5) is 13.2 Å². The molecule has 0 aliphatic rings. The van der Waals surface area contributed by atoms with Gasteiger partial charge in [0.2, 0.25) is 5.91 Å². The van der Waals surface area contributed by atoms with Crippen molar-refractivity contribution in [3.05, 3.63) is 65.2 Å². The van der Waals surface area contributed by atoms with Crippen LogP contribution in [-0.4, -0.2) is 18.7 Å². The molecule has 4 nitrogen and oxygen atoms in total. The summed E-state index contributed by atoms with van der Waals surface area (Å²) in [4.78, 5) is 11.2. The maximum atomic E-state index is 12.3. The zero-order chi connectivity index (χ0) is 21.9. The molecular weight excluding hydrogens is 419 g/mol. The lowest BCUT2D eigenvalue weighted by atomic mass is 10.0. The number of benzene rings is 3. The van der Waals surface area contributed by atoms with Crippen LogP contribution in [0.1, 0.15) is 25.5 Å². The van der Waals surface area contributed by atoms with E-state index in [2.05, 4.69) is 10.1 Å². The summed E-state index contributed by atoms with van der Waals surface area (Å²) in [5, 5.41) is 4.78. The minimum absolute atomic E-state index is 0.0224. The summed E-state index contributed by atoms with van der Waals surface area (Å²) in [6.07, 6.45) is -4.44. The Kier molecular flexibility index (Phi) is 6.41. The second-order valence-corrected chi connectivity index (χ2v) is 7.20. The van der Waals surface area contributed by atoms with Gasteiger partial charge in [-0.05, 0) is 53.6 Å². The van der Waals surface area contributed by atoms with Crippen LogP contribution in [0.3, 0.4) is 0 Å². The van der Waals surface area contributed by atoms with Gasteiger partial charge in [-0.1, -0.05) is 29.8 Å². The molecule has 1 amide bonds. The zero-order valence-corrected chi connectivity index (χ0v) is 17.0. The standard InChI is InChI=1S/C22H19ClF3NO3/c1-13(27-14(2)28)15-3-4-17-10-18(6-5-16(17)9-15)30-19-7-8-21(20(23)11-19)29-12-22(24,25)26/h3-11,13H,12H2,1-2H3,(H,27,28). The second kappa shape index (κ2) is 8.83. The Morgan fingerprint density at radius 2 is 1.67 bits per heavy atom. The Hall–Kier alpha value is -2.93. The molecule has 0 fully saturated rings.